The van der Waals surface area contributed by atoms with Gasteiger partial charge in [0.2, 0.25) is 10.0 Å². The molecule has 1 aliphatic heterocycles. The van der Waals surface area contributed by atoms with Gasteiger partial charge >= 0.3 is 0 Å². The van der Waals surface area contributed by atoms with Gasteiger partial charge in [0.05, 0.1) is 30.6 Å². The lowest BCUT2D eigenvalue weighted by Gasteiger charge is -2.32. The zero-order valence-corrected chi connectivity index (χ0v) is 16.7. The Balaban J connectivity index is 1.51. The number of hydrogen-bond acceptors (Lipinski definition) is 3. The van der Waals surface area contributed by atoms with Crippen LogP contribution in [-0.4, -0.2) is 36.5 Å². The van der Waals surface area contributed by atoms with Gasteiger partial charge in [0, 0.05) is 21.8 Å². The van der Waals surface area contributed by atoms with E-state index in [2.05, 4.69) is 16.7 Å². The van der Waals surface area contributed by atoms with E-state index in [4.69, 9.17) is 0 Å². The lowest BCUT2D eigenvalue weighted by Crippen LogP contribution is -2.43. The number of anilines is 1. The van der Waals surface area contributed by atoms with Gasteiger partial charge in [-0.1, -0.05) is 54.6 Å². The second-order valence-electron chi connectivity index (χ2n) is 7.52. The highest BCUT2D eigenvalue weighted by atomic mass is 32.2. The molecule has 1 unspecified atom stereocenters. The van der Waals surface area contributed by atoms with Crippen LogP contribution in [-0.2, 0) is 23.0 Å². The predicted octanol–water partition coefficient (Wildman–Crippen LogP) is 3.55. The van der Waals surface area contributed by atoms with Crippen LogP contribution in [0.2, 0.25) is 0 Å². The van der Waals surface area contributed by atoms with Crippen LogP contribution in [0.5, 0.6) is 0 Å². The van der Waals surface area contributed by atoms with E-state index in [0.29, 0.717) is 18.7 Å². The minimum Gasteiger partial charge on any atom is -0.389 e. The summed E-state index contributed by atoms with van der Waals surface area (Å²) in [5.74, 6) is 0.0755. The van der Waals surface area contributed by atoms with Gasteiger partial charge in [-0.05, 0) is 30.2 Å². The van der Waals surface area contributed by atoms with Crippen molar-refractivity contribution in [3.63, 3.8) is 0 Å². The van der Waals surface area contributed by atoms with E-state index in [1.807, 2.05) is 60.7 Å². The Morgan fingerprint density at radius 1 is 0.828 bits per heavy atom. The van der Waals surface area contributed by atoms with Crippen molar-refractivity contribution < 1.29 is 13.5 Å². The van der Waals surface area contributed by atoms with E-state index in [1.165, 1.54) is 4.31 Å². The normalized spacial score (nSPS) is 16.8. The highest BCUT2D eigenvalue weighted by Gasteiger charge is 2.31. The maximum atomic E-state index is 12.7. The van der Waals surface area contributed by atoms with Crippen LogP contribution in [0.1, 0.15) is 5.56 Å². The smallest absolute Gasteiger partial charge is 0.235 e. The largest absolute Gasteiger partial charge is 0.389 e. The lowest BCUT2D eigenvalue weighted by atomic mass is 10.1. The molecule has 1 aliphatic rings. The van der Waals surface area contributed by atoms with Crippen LogP contribution in [0.3, 0.4) is 0 Å². The first kappa shape index (κ1) is 18.2. The fraction of sp³-hybridized carbons (Fsp3) is 0.217. The lowest BCUT2D eigenvalue weighted by molar-refractivity contribution is 0.166. The van der Waals surface area contributed by atoms with E-state index in [-0.39, 0.29) is 12.3 Å². The molecule has 0 saturated heterocycles. The molecule has 148 valence electrons. The molecule has 2 heterocycles. The molecule has 0 spiro atoms. The Labute approximate surface area is 169 Å². The number of benzene rings is 3. The molecule has 0 aliphatic carbocycles. The second-order valence-corrected chi connectivity index (χ2v) is 9.54. The fourth-order valence-corrected chi connectivity index (χ4v) is 5.91. The minimum atomic E-state index is -3.43. The van der Waals surface area contributed by atoms with Crippen molar-refractivity contribution in [2.24, 2.45) is 0 Å². The number of aryl methyl sites for hydroxylation is 1. The van der Waals surface area contributed by atoms with Gasteiger partial charge in [0.25, 0.3) is 0 Å². The summed E-state index contributed by atoms with van der Waals surface area (Å²) in [5.41, 5.74) is 3.76. The van der Waals surface area contributed by atoms with E-state index in [0.717, 1.165) is 27.4 Å². The zero-order chi connectivity index (χ0) is 20.0. The third-order valence-corrected chi connectivity index (χ3v) is 7.41. The number of aromatic nitrogens is 1. The van der Waals surface area contributed by atoms with Gasteiger partial charge < -0.3 is 9.67 Å². The van der Waals surface area contributed by atoms with Gasteiger partial charge in [-0.3, -0.25) is 4.31 Å². The first-order valence-corrected chi connectivity index (χ1v) is 11.4. The molecule has 0 saturated carbocycles. The quantitative estimate of drug-likeness (QED) is 0.564. The summed E-state index contributed by atoms with van der Waals surface area (Å²) in [6, 6.07) is 23.7. The molecule has 0 amide bonds. The van der Waals surface area contributed by atoms with Crippen LogP contribution in [0, 0.1) is 0 Å². The van der Waals surface area contributed by atoms with Gasteiger partial charge in [0.1, 0.15) is 0 Å². The van der Waals surface area contributed by atoms with E-state index in [9.17, 15) is 13.5 Å². The summed E-state index contributed by atoms with van der Waals surface area (Å²) < 4.78 is 28.9. The van der Waals surface area contributed by atoms with Crippen molar-refractivity contribution in [1.29, 1.82) is 0 Å². The number of rotatable bonds is 4. The van der Waals surface area contributed by atoms with Crippen molar-refractivity contribution in [3.05, 3.63) is 78.4 Å². The average Bonchev–Trinajstić information content (AvgIpc) is 3.04. The maximum absolute atomic E-state index is 12.7. The molecule has 6 heteroatoms. The third-order valence-electron chi connectivity index (χ3n) is 5.68. The van der Waals surface area contributed by atoms with Crippen LogP contribution < -0.4 is 4.31 Å². The van der Waals surface area contributed by atoms with Crippen molar-refractivity contribution in [3.8, 4) is 0 Å². The van der Waals surface area contributed by atoms with Gasteiger partial charge in [0.15, 0.2) is 0 Å². The Morgan fingerprint density at radius 2 is 1.41 bits per heavy atom. The summed E-state index contributed by atoms with van der Waals surface area (Å²) in [4.78, 5) is 0. The number of hydrogen-bond donors (Lipinski definition) is 1. The molecule has 29 heavy (non-hydrogen) atoms. The van der Waals surface area contributed by atoms with Crippen molar-refractivity contribution in [1.82, 2.24) is 4.57 Å². The van der Waals surface area contributed by atoms with Crippen molar-refractivity contribution in [2.75, 3.05) is 16.6 Å². The minimum absolute atomic E-state index is 0.0418. The van der Waals surface area contributed by atoms with Crippen molar-refractivity contribution >= 4 is 37.5 Å². The molecule has 5 rings (SSSR count). The number of nitrogens with zero attached hydrogens (tertiary/aromatic N) is 2. The van der Waals surface area contributed by atoms with Crippen LogP contribution in [0.25, 0.3) is 21.8 Å². The topological polar surface area (TPSA) is 62.5 Å². The number of β-amino-alcohol motifs (C(OH)–C–C–N with tert-alkyl or cyclic N) is 1. The monoisotopic (exact) mass is 406 g/mol. The van der Waals surface area contributed by atoms with Gasteiger partial charge in [-0.2, -0.15) is 0 Å². The molecule has 1 aromatic heterocycles. The molecule has 4 aromatic rings. The van der Waals surface area contributed by atoms with E-state index < -0.39 is 16.1 Å². The fourth-order valence-electron chi connectivity index (χ4n) is 4.34. The molecule has 3 aromatic carbocycles. The molecule has 0 fully saturated rings. The average molecular weight is 407 g/mol. The summed E-state index contributed by atoms with van der Waals surface area (Å²) in [7, 11) is -3.43. The first-order valence-electron chi connectivity index (χ1n) is 9.77. The molecule has 0 radical (unpaired) electrons. The summed E-state index contributed by atoms with van der Waals surface area (Å²) in [5, 5.41) is 13.2. The molecular weight excluding hydrogens is 384 g/mol. The zero-order valence-electron chi connectivity index (χ0n) is 15.9. The highest BCUT2D eigenvalue weighted by molar-refractivity contribution is 7.92. The SMILES string of the molecule is O=S1(=O)CCc2ccccc2N1CC(O)Cn1c2ccccc2c2ccccc21. The van der Waals surface area contributed by atoms with Gasteiger partial charge in [-0.15, -0.1) is 0 Å². The Bertz CT molecular complexity index is 1260. The Morgan fingerprint density at radius 3 is 2.10 bits per heavy atom. The predicted molar refractivity (Wildman–Crippen MR) is 117 cm³/mol. The van der Waals surface area contributed by atoms with Gasteiger partial charge in [-0.25, -0.2) is 8.42 Å². The number of aliphatic hydroxyl groups excluding tert-OH is 1. The standard InChI is InChI=1S/C23H22N2O3S/c26-18(16-25-21-10-4-1-7-17(21)13-14-29(25,27)28)15-24-22-11-5-2-8-19(22)20-9-3-6-12-23(20)24/h1-12,18,26H,13-16H2. The Kier molecular flexibility index (Phi) is 4.33. The number of aliphatic hydroxyl groups is 1. The molecule has 0 bridgehead atoms. The molecule has 1 atom stereocenters. The summed E-state index contributed by atoms with van der Waals surface area (Å²) in [6.45, 7) is 0.363. The van der Waals surface area contributed by atoms with Crippen LogP contribution in [0.15, 0.2) is 72.8 Å². The summed E-state index contributed by atoms with van der Waals surface area (Å²) in [6.07, 6.45) is -0.326. The molecular formula is C23H22N2O3S. The van der Waals surface area contributed by atoms with Crippen LogP contribution >= 0.6 is 0 Å². The Hall–Kier alpha value is -2.83. The third kappa shape index (κ3) is 3.09. The van der Waals surface area contributed by atoms with E-state index >= 15 is 0 Å². The number of para-hydroxylation sites is 3. The number of sulfonamides is 1. The molecule has 1 N–H and O–H groups in total. The van der Waals surface area contributed by atoms with Crippen molar-refractivity contribution in [2.45, 2.75) is 19.1 Å². The maximum Gasteiger partial charge on any atom is 0.235 e. The first-order chi connectivity index (χ1) is 14.0. The number of fused-ring (bicyclic) bond motifs is 4. The molecule has 5 nitrogen and oxygen atoms in total. The van der Waals surface area contributed by atoms with Crippen LogP contribution in [0.4, 0.5) is 5.69 Å². The highest BCUT2D eigenvalue weighted by Crippen LogP contribution is 2.31. The second kappa shape index (κ2) is 6.90. The summed E-state index contributed by atoms with van der Waals surface area (Å²) >= 11 is 0. The van der Waals surface area contributed by atoms with E-state index in [1.54, 1.807) is 0 Å².